The van der Waals surface area contributed by atoms with Gasteiger partial charge in [-0.3, -0.25) is 0 Å². The van der Waals surface area contributed by atoms with Crippen LogP contribution in [-0.2, 0) is 11.9 Å². The summed E-state index contributed by atoms with van der Waals surface area (Å²) in [7, 11) is 0. The van der Waals surface area contributed by atoms with Crippen LogP contribution in [-0.4, -0.2) is 20.2 Å². The molecule has 0 aliphatic rings. The first-order chi connectivity index (χ1) is 12.9. The molecule has 0 saturated heterocycles. The Morgan fingerprint density at radius 3 is 2.41 bits per heavy atom. The molecule has 0 bridgehead atoms. The van der Waals surface area contributed by atoms with Crippen LogP contribution in [0.4, 0.5) is 13.2 Å². The van der Waals surface area contributed by atoms with Gasteiger partial charge in [0.05, 0.1) is 11.3 Å². The molecule has 0 radical (unpaired) electrons. The largest absolute Gasteiger partial charge is 0.416 e. The minimum absolute atomic E-state index is 0.126. The molecule has 0 fully saturated rings. The standard InChI is InChI=1S/C17H15F3N4S.C2H6/c1-11-7-8-15(12(2)9-11)24-16(21-22-23-24)25-10-13-5-3-4-6-14(13)17(18,19)20;1-2/h3-9H,10H2,1-2H3;1-2H3. The SMILES string of the molecule is CC.Cc1ccc(-n2nnnc2SCc2ccccc2C(F)(F)F)c(C)c1. The molecule has 144 valence electrons. The highest BCUT2D eigenvalue weighted by atomic mass is 32.2. The van der Waals surface area contributed by atoms with Crippen molar-refractivity contribution in [1.82, 2.24) is 20.2 Å². The molecule has 0 spiro atoms. The van der Waals surface area contributed by atoms with Crippen molar-refractivity contribution in [3.05, 3.63) is 64.7 Å². The van der Waals surface area contributed by atoms with E-state index >= 15 is 0 Å². The summed E-state index contributed by atoms with van der Waals surface area (Å²) in [6.07, 6.45) is -4.38. The number of aryl methyl sites for hydroxylation is 2. The maximum atomic E-state index is 13.1. The predicted octanol–water partition coefficient (Wildman–Crippen LogP) is 5.62. The maximum absolute atomic E-state index is 13.1. The molecule has 2 aromatic carbocycles. The zero-order valence-corrected chi connectivity index (χ0v) is 16.4. The molecule has 0 saturated carbocycles. The molecule has 3 aromatic rings. The number of aromatic nitrogens is 4. The van der Waals surface area contributed by atoms with Crippen molar-refractivity contribution >= 4 is 11.8 Å². The number of nitrogens with zero attached hydrogens (tertiary/aromatic N) is 4. The number of thioether (sulfide) groups is 1. The first kappa shape index (κ1) is 21.0. The van der Waals surface area contributed by atoms with Crippen molar-refractivity contribution in [2.45, 2.75) is 44.8 Å². The molecular formula is C19H21F3N4S. The summed E-state index contributed by atoms with van der Waals surface area (Å²) >= 11 is 1.17. The number of alkyl halides is 3. The normalized spacial score (nSPS) is 11.1. The van der Waals surface area contributed by atoms with Gasteiger partial charge in [-0.1, -0.05) is 61.5 Å². The van der Waals surface area contributed by atoms with E-state index in [0.717, 1.165) is 22.9 Å². The van der Waals surface area contributed by atoms with Crippen LogP contribution < -0.4 is 0 Å². The number of benzene rings is 2. The second kappa shape index (κ2) is 9.03. The number of halogens is 3. The highest BCUT2D eigenvalue weighted by Crippen LogP contribution is 2.34. The zero-order valence-electron chi connectivity index (χ0n) is 15.6. The molecule has 4 nitrogen and oxygen atoms in total. The van der Waals surface area contributed by atoms with Crippen LogP contribution in [0.5, 0.6) is 0 Å². The lowest BCUT2D eigenvalue weighted by molar-refractivity contribution is -0.138. The molecule has 0 amide bonds. The second-order valence-electron chi connectivity index (χ2n) is 5.61. The van der Waals surface area contributed by atoms with Crippen molar-refractivity contribution in [1.29, 1.82) is 0 Å². The van der Waals surface area contributed by atoms with Crippen molar-refractivity contribution in [2.75, 3.05) is 0 Å². The fourth-order valence-corrected chi connectivity index (χ4v) is 3.42. The van der Waals surface area contributed by atoms with Crippen LogP contribution in [0.2, 0.25) is 0 Å². The lowest BCUT2D eigenvalue weighted by atomic mass is 10.1. The Kier molecular flexibility index (Phi) is 7.01. The summed E-state index contributed by atoms with van der Waals surface area (Å²) in [5.41, 5.74) is 2.48. The maximum Gasteiger partial charge on any atom is 0.416 e. The van der Waals surface area contributed by atoms with E-state index in [2.05, 4.69) is 15.5 Å². The summed E-state index contributed by atoms with van der Waals surface area (Å²) in [4.78, 5) is 0. The van der Waals surface area contributed by atoms with E-state index in [4.69, 9.17) is 0 Å². The lowest BCUT2D eigenvalue weighted by Gasteiger charge is -2.12. The van der Waals surface area contributed by atoms with Gasteiger partial charge in [0.15, 0.2) is 0 Å². The van der Waals surface area contributed by atoms with Gasteiger partial charge in [-0.15, -0.1) is 5.10 Å². The molecule has 0 aliphatic heterocycles. The van der Waals surface area contributed by atoms with Crippen LogP contribution in [0.15, 0.2) is 47.6 Å². The van der Waals surface area contributed by atoms with Gasteiger partial charge in [-0.25, -0.2) is 0 Å². The van der Waals surface area contributed by atoms with E-state index < -0.39 is 11.7 Å². The molecular weight excluding hydrogens is 373 g/mol. The van der Waals surface area contributed by atoms with E-state index in [-0.39, 0.29) is 11.3 Å². The van der Waals surface area contributed by atoms with E-state index in [1.807, 2.05) is 45.9 Å². The third kappa shape index (κ3) is 5.09. The predicted molar refractivity (Wildman–Crippen MR) is 101 cm³/mol. The van der Waals surface area contributed by atoms with Crippen LogP contribution in [0.3, 0.4) is 0 Å². The van der Waals surface area contributed by atoms with E-state index in [1.54, 1.807) is 10.7 Å². The van der Waals surface area contributed by atoms with Crippen LogP contribution >= 0.6 is 11.8 Å². The fourth-order valence-electron chi connectivity index (χ4n) is 2.53. The molecule has 0 unspecified atom stereocenters. The molecule has 1 heterocycles. The number of tetrazole rings is 1. The van der Waals surface area contributed by atoms with Crippen molar-refractivity contribution < 1.29 is 13.2 Å². The Bertz CT molecular complexity index is 891. The third-order valence-corrected chi connectivity index (χ3v) is 4.67. The van der Waals surface area contributed by atoms with Crippen molar-refractivity contribution in [3.63, 3.8) is 0 Å². The number of hydrogen-bond acceptors (Lipinski definition) is 4. The first-order valence-corrected chi connectivity index (χ1v) is 9.49. The highest BCUT2D eigenvalue weighted by molar-refractivity contribution is 7.98. The molecule has 1 aromatic heterocycles. The molecule has 0 atom stereocenters. The van der Waals surface area contributed by atoms with Gasteiger partial charge in [0.2, 0.25) is 5.16 Å². The second-order valence-corrected chi connectivity index (χ2v) is 6.55. The van der Waals surface area contributed by atoms with Gasteiger partial charge in [-0.2, -0.15) is 17.9 Å². The minimum Gasteiger partial charge on any atom is -0.187 e. The third-order valence-electron chi connectivity index (χ3n) is 3.70. The van der Waals surface area contributed by atoms with E-state index in [0.29, 0.717) is 5.16 Å². The van der Waals surface area contributed by atoms with Gasteiger partial charge in [0.25, 0.3) is 0 Å². The van der Waals surface area contributed by atoms with Gasteiger partial charge >= 0.3 is 6.18 Å². The van der Waals surface area contributed by atoms with Crippen molar-refractivity contribution in [3.8, 4) is 5.69 Å². The van der Waals surface area contributed by atoms with Gasteiger partial charge in [-0.05, 0) is 47.5 Å². The average Bonchev–Trinajstić information content (AvgIpc) is 3.09. The van der Waals surface area contributed by atoms with Gasteiger partial charge in [0, 0.05) is 5.75 Å². The Labute approximate surface area is 160 Å². The molecule has 0 aliphatic carbocycles. The molecule has 27 heavy (non-hydrogen) atoms. The first-order valence-electron chi connectivity index (χ1n) is 8.50. The lowest BCUT2D eigenvalue weighted by Crippen LogP contribution is -2.08. The average molecular weight is 394 g/mol. The number of rotatable bonds is 4. The Hall–Kier alpha value is -2.35. The Morgan fingerprint density at radius 1 is 1.04 bits per heavy atom. The quantitative estimate of drug-likeness (QED) is 0.539. The molecule has 0 N–H and O–H groups in total. The zero-order chi connectivity index (χ0) is 20.0. The highest BCUT2D eigenvalue weighted by Gasteiger charge is 2.32. The summed E-state index contributed by atoms with van der Waals surface area (Å²) in [6, 6.07) is 11.4. The van der Waals surface area contributed by atoms with E-state index in [9.17, 15) is 13.2 Å². The fraction of sp³-hybridized carbons (Fsp3) is 0.316. The Morgan fingerprint density at radius 2 is 1.74 bits per heavy atom. The van der Waals surface area contributed by atoms with Gasteiger partial charge in [0.1, 0.15) is 0 Å². The monoisotopic (exact) mass is 394 g/mol. The summed E-state index contributed by atoms with van der Waals surface area (Å²) in [5.74, 6) is 0.126. The summed E-state index contributed by atoms with van der Waals surface area (Å²) in [5, 5.41) is 12.0. The minimum atomic E-state index is -4.38. The number of hydrogen-bond donors (Lipinski definition) is 0. The van der Waals surface area contributed by atoms with Gasteiger partial charge < -0.3 is 0 Å². The van der Waals surface area contributed by atoms with Crippen molar-refractivity contribution in [2.24, 2.45) is 0 Å². The Balaban J connectivity index is 0.00000126. The molecule has 8 heteroatoms. The van der Waals surface area contributed by atoms with Crippen LogP contribution in [0, 0.1) is 13.8 Å². The summed E-state index contributed by atoms with van der Waals surface area (Å²) < 4.78 is 40.8. The topological polar surface area (TPSA) is 43.6 Å². The summed E-state index contributed by atoms with van der Waals surface area (Å²) in [6.45, 7) is 7.93. The smallest absolute Gasteiger partial charge is 0.187 e. The van der Waals surface area contributed by atoms with E-state index in [1.165, 1.54) is 23.9 Å². The van der Waals surface area contributed by atoms with Crippen LogP contribution in [0.1, 0.15) is 36.1 Å². The van der Waals surface area contributed by atoms with Crippen LogP contribution in [0.25, 0.3) is 5.69 Å². The molecule has 3 rings (SSSR count).